The van der Waals surface area contributed by atoms with Gasteiger partial charge in [-0.3, -0.25) is 18.4 Å². The van der Waals surface area contributed by atoms with E-state index in [0.717, 1.165) is 6.33 Å². The number of nitrogens with two attached hydrogens (primary N) is 1. The number of ether oxygens (including phenoxy) is 2. The van der Waals surface area contributed by atoms with E-state index in [0.29, 0.717) is 10.6 Å². The lowest BCUT2D eigenvalue weighted by Crippen LogP contribution is -2.46. The predicted molar refractivity (Wildman–Crippen MR) is 163 cm³/mol. The van der Waals surface area contributed by atoms with Gasteiger partial charge in [0.25, 0.3) is 12.1 Å². The molecule has 4 aromatic heterocycles. The van der Waals surface area contributed by atoms with E-state index in [-0.39, 0.29) is 22.9 Å². The highest BCUT2D eigenvalue weighted by atomic mass is 32.1. The summed E-state index contributed by atoms with van der Waals surface area (Å²) in [7, 11) is -10.8. The fourth-order valence-corrected chi connectivity index (χ4v) is 7.81. The van der Waals surface area contributed by atoms with E-state index in [9.17, 15) is 44.1 Å². The lowest BCUT2D eigenvalue weighted by Gasteiger charge is -2.20. The van der Waals surface area contributed by atoms with Crippen LogP contribution in [0.3, 0.4) is 0 Å². The molecule has 0 saturated carbocycles. The Balaban J connectivity index is 1.02. The monoisotopic (exact) mass is 746 g/mol. The average Bonchev–Trinajstić information content (AvgIpc) is 3.84. The third kappa shape index (κ3) is 7.72. The second-order valence-corrected chi connectivity index (χ2v) is 14.7. The van der Waals surface area contributed by atoms with Crippen LogP contribution in [0.2, 0.25) is 0 Å². The van der Waals surface area contributed by atoms with Gasteiger partial charge >= 0.3 is 15.6 Å². The van der Waals surface area contributed by atoms with Gasteiger partial charge in [-0.05, 0) is 17.5 Å². The molecule has 10 atom stereocenters. The minimum absolute atomic E-state index is 0.0525. The number of rotatable bonds is 12. The number of anilines is 2. The number of aliphatic hydroxyl groups excluding tert-OH is 4. The number of fused-ring (bicyclic) bond motifs is 1. The Bertz CT molecular complexity index is 1900. The van der Waals surface area contributed by atoms with E-state index in [1.54, 1.807) is 29.6 Å². The number of nitrogens with zero attached hydrogens (tertiary/aromatic N) is 5. The van der Waals surface area contributed by atoms with Crippen molar-refractivity contribution in [2.24, 2.45) is 0 Å². The van der Waals surface area contributed by atoms with E-state index in [1.165, 1.54) is 39.2 Å². The number of carbonyl (C=O) groups excluding carboxylic acids is 1. The van der Waals surface area contributed by atoms with Crippen molar-refractivity contribution in [2.75, 3.05) is 24.3 Å². The number of imidazole rings is 1. The van der Waals surface area contributed by atoms with Crippen LogP contribution in [0.1, 0.15) is 22.1 Å². The van der Waals surface area contributed by atoms with Crippen LogP contribution in [0.15, 0.2) is 54.7 Å². The molecule has 264 valence electrons. The van der Waals surface area contributed by atoms with E-state index in [4.69, 9.17) is 24.3 Å². The van der Waals surface area contributed by atoms with E-state index in [1.807, 2.05) is 0 Å². The molecule has 49 heavy (non-hydrogen) atoms. The molecule has 1 amide bonds. The summed E-state index contributed by atoms with van der Waals surface area (Å²) in [5.41, 5.74) is 6.47. The SMILES string of the molecule is Nc1ncnc2c1ncn2[C@@H]1O[C@H](COP(=O)(O)OP(=O)(O)OC[C@H]2O[C@@H]([n+]3cccc(NC(=O)c4cccs4)c3)[C@H](O)[C@@H]2O)[C@@H](O)[C@H]1O. The Hall–Kier alpha value is -3.31. The van der Waals surface area contributed by atoms with Crippen LogP contribution in [-0.2, 0) is 32.0 Å². The van der Waals surface area contributed by atoms with Gasteiger partial charge in [-0.1, -0.05) is 6.07 Å². The lowest BCUT2D eigenvalue weighted by atomic mass is 10.1. The van der Waals surface area contributed by atoms with Crippen molar-refractivity contribution in [1.29, 1.82) is 0 Å². The molecule has 21 nitrogen and oxygen atoms in total. The number of aliphatic hydroxyl groups is 4. The van der Waals surface area contributed by atoms with E-state index < -0.39 is 77.9 Å². The zero-order valence-electron chi connectivity index (χ0n) is 24.8. The quantitative estimate of drug-likeness (QED) is 0.0650. The first kappa shape index (κ1) is 35.5. The number of amides is 1. The molecule has 2 fully saturated rings. The molecule has 0 aliphatic carbocycles. The molecule has 4 aromatic rings. The molecule has 0 aromatic carbocycles. The fraction of sp³-hybridized carbons (Fsp3) is 0.400. The molecule has 0 bridgehead atoms. The summed E-state index contributed by atoms with van der Waals surface area (Å²) in [4.78, 5) is 45.0. The van der Waals surface area contributed by atoms with Crippen LogP contribution in [-0.4, -0.2) is 105 Å². The van der Waals surface area contributed by atoms with Crippen molar-refractivity contribution in [1.82, 2.24) is 19.5 Å². The van der Waals surface area contributed by atoms with Crippen LogP contribution in [0.25, 0.3) is 11.2 Å². The van der Waals surface area contributed by atoms with Crippen molar-refractivity contribution in [3.63, 3.8) is 0 Å². The Morgan fingerprint density at radius 1 is 0.980 bits per heavy atom. The van der Waals surface area contributed by atoms with Crippen LogP contribution < -0.4 is 15.6 Å². The summed E-state index contributed by atoms with van der Waals surface area (Å²) in [5, 5.41) is 46.6. The molecule has 0 radical (unpaired) electrons. The van der Waals surface area contributed by atoms with Gasteiger partial charge in [-0.15, -0.1) is 11.3 Å². The van der Waals surface area contributed by atoms with Gasteiger partial charge in [0, 0.05) is 6.07 Å². The maximum atomic E-state index is 12.5. The first-order chi connectivity index (χ1) is 23.2. The maximum absolute atomic E-state index is 12.5. The summed E-state index contributed by atoms with van der Waals surface area (Å²) in [5.74, 6) is -0.314. The molecule has 24 heteroatoms. The van der Waals surface area contributed by atoms with Crippen LogP contribution in [0.4, 0.5) is 11.5 Å². The summed E-state index contributed by atoms with van der Waals surface area (Å²) < 4.78 is 52.7. The number of carbonyl (C=O) groups is 1. The van der Waals surface area contributed by atoms with Crippen molar-refractivity contribution >= 4 is 55.6 Å². The lowest BCUT2D eigenvalue weighted by molar-refractivity contribution is -0.765. The average molecular weight is 747 g/mol. The first-order valence-corrected chi connectivity index (χ1v) is 18.1. The number of hydrogen-bond acceptors (Lipinski definition) is 17. The Kier molecular flexibility index (Phi) is 10.2. The number of phosphoric acid groups is 2. The van der Waals surface area contributed by atoms with Crippen molar-refractivity contribution in [3.8, 4) is 0 Å². The maximum Gasteiger partial charge on any atom is 0.481 e. The molecular formula is C25H30N7O14P2S+. The van der Waals surface area contributed by atoms with Crippen molar-refractivity contribution < 1.29 is 71.5 Å². The molecule has 2 aliphatic heterocycles. The normalized spacial score (nSPS) is 29.5. The number of aromatic nitrogens is 5. The number of hydrogen-bond donors (Lipinski definition) is 8. The molecule has 6 rings (SSSR count). The third-order valence-corrected chi connectivity index (χ3v) is 10.9. The van der Waals surface area contributed by atoms with Gasteiger partial charge in [0.1, 0.15) is 48.1 Å². The van der Waals surface area contributed by atoms with Gasteiger partial charge in [0.15, 0.2) is 36.2 Å². The number of phosphoric ester groups is 2. The molecule has 2 aliphatic rings. The summed E-state index contributed by atoms with van der Waals surface area (Å²) in [6.45, 7) is -1.78. The Labute approximate surface area is 279 Å². The van der Waals surface area contributed by atoms with Crippen molar-refractivity contribution in [2.45, 2.75) is 49.1 Å². The largest absolute Gasteiger partial charge is 0.481 e. The molecule has 0 spiro atoms. The number of nitrogen functional groups attached to an aromatic ring is 1. The summed E-state index contributed by atoms with van der Waals surface area (Å²) >= 11 is 1.24. The van der Waals surface area contributed by atoms with Crippen LogP contribution in [0.5, 0.6) is 0 Å². The minimum atomic E-state index is -5.38. The zero-order valence-corrected chi connectivity index (χ0v) is 27.4. The number of nitrogens with one attached hydrogen (secondary N) is 1. The highest BCUT2D eigenvalue weighted by molar-refractivity contribution is 7.61. The zero-order chi connectivity index (χ0) is 35.1. The van der Waals surface area contributed by atoms with Gasteiger partial charge < -0.3 is 50.7 Å². The van der Waals surface area contributed by atoms with Crippen LogP contribution in [0, 0.1) is 0 Å². The molecule has 2 saturated heterocycles. The predicted octanol–water partition coefficient (Wildman–Crippen LogP) is -0.801. The van der Waals surface area contributed by atoms with E-state index in [2.05, 4.69) is 24.6 Å². The Morgan fingerprint density at radius 2 is 1.67 bits per heavy atom. The number of thiophene rings is 1. The van der Waals surface area contributed by atoms with Crippen molar-refractivity contribution in [3.05, 3.63) is 59.6 Å². The molecule has 2 unspecified atom stereocenters. The summed E-state index contributed by atoms with van der Waals surface area (Å²) in [6.07, 6.45) is -6.50. The third-order valence-electron chi connectivity index (χ3n) is 7.46. The minimum Gasteiger partial charge on any atom is -0.387 e. The fourth-order valence-electron chi connectivity index (χ4n) is 5.10. The molecule has 9 N–H and O–H groups in total. The topological polar surface area (TPSA) is 304 Å². The highest BCUT2D eigenvalue weighted by Crippen LogP contribution is 2.60. The Morgan fingerprint density at radius 3 is 2.37 bits per heavy atom. The standard InChI is InChI=1S/C25H29N7O14P2S/c26-21-16-22(28-10-27-21)32(11-29-16)25-20(36)18(34)14(45-25)9-43-48(40,41)46-47(38,39)42-8-13-17(33)19(35)24(44-13)31-5-1-3-12(7-31)30-23(37)15-4-2-6-49-15/h1-7,10-11,13-14,17-20,24-25,33-36H,8-9H2,(H4-,26,27,28,30,37,38,39,40,41)/p+1/t13-,14-,17-,18-,19-,20-,24-,25-/m1/s1. The van der Waals surface area contributed by atoms with Gasteiger partial charge in [-0.2, -0.15) is 8.88 Å². The second-order valence-electron chi connectivity index (χ2n) is 10.8. The smallest absolute Gasteiger partial charge is 0.387 e. The van der Waals surface area contributed by atoms with Gasteiger partial charge in [0.2, 0.25) is 0 Å². The molecule has 6 heterocycles. The highest BCUT2D eigenvalue weighted by Gasteiger charge is 2.50. The number of pyridine rings is 1. The first-order valence-electron chi connectivity index (χ1n) is 14.2. The molecular weight excluding hydrogens is 716 g/mol. The van der Waals surface area contributed by atoms with Gasteiger partial charge in [0.05, 0.1) is 24.4 Å². The van der Waals surface area contributed by atoms with Gasteiger partial charge in [-0.25, -0.2) is 24.1 Å². The van der Waals surface area contributed by atoms with E-state index >= 15 is 0 Å². The second kappa shape index (κ2) is 14.1. The van der Waals surface area contributed by atoms with Crippen LogP contribution >= 0.6 is 27.0 Å². The summed E-state index contributed by atoms with van der Waals surface area (Å²) in [6, 6.07) is 6.49.